The Labute approximate surface area is 264 Å². The predicted octanol–water partition coefficient (Wildman–Crippen LogP) is 3.71. The second kappa shape index (κ2) is 14.4. The maximum Gasteiger partial charge on any atom is 0.272 e. The van der Waals surface area contributed by atoms with Crippen molar-refractivity contribution < 1.29 is 24.5 Å². The van der Waals surface area contributed by atoms with Crippen LogP contribution in [0.3, 0.4) is 0 Å². The first-order chi connectivity index (χ1) is 21.8. The van der Waals surface area contributed by atoms with Crippen molar-refractivity contribution in [2.75, 3.05) is 57.6 Å². The Morgan fingerprint density at radius 2 is 1.89 bits per heavy atom. The number of carbonyl (C=O) groups excluding carboxylic acids is 2. The number of aliphatic hydroxyl groups excluding tert-OH is 2. The van der Waals surface area contributed by atoms with Gasteiger partial charge in [-0.25, -0.2) is 4.98 Å². The Kier molecular flexibility index (Phi) is 10.1. The van der Waals surface area contributed by atoms with E-state index in [1.54, 1.807) is 25.4 Å². The van der Waals surface area contributed by atoms with E-state index in [0.29, 0.717) is 49.1 Å². The van der Waals surface area contributed by atoms with Crippen LogP contribution in [0.4, 0.5) is 11.5 Å². The first-order valence-electron chi connectivity index (χ1n) is 14.4. The van der Waals surface area contributed by atoms with E-state index in [-0.39, 0.29) is 25.0 Å². The number of hydrogen-bond donors (Lipinski definition) is 5. The number of hydrogen-bond acceptors (Lipinski definition) is 9. The molecule has 0 atom stereocenters. The summed E-state index contributed by atoms with van der Waals surface area (Å²) < 4.78 is 8.41. The standard InChI is InChI=1S/C33H36N6O5S/c1-38-26-6-4-3-5-22(26)17-27(38)33(43)37-25-9-7-21(18-28(25)44-2)24-20-45-31-23(19-36-32(34)30(24)31)8-10-29(42)35-11-12-39(13-15-40)14-16-41/h3-10,17-20,40-41H,11-16H2,1-2H3,(H2,34,36)(H,35,42)(H,37,43)/b10-8+. The molecule has 0 fully saturated rings. The third-order valence-corrected chi connectivity index (χ3v) is 8.60. The van der Waals surface area contributed by atoms with Crippen LogP contribution in [0, 0.1) is 0 Å². The second-order valence-corrected chi connectivity index (χ2v) is 11.3. The Morgan fingerprint density at radius 3 is 2.62 bits per heavy atom. The minimum absolute atomic E-state index is 0.0177. The number of aryl methyl sites for hydroxylation is 1. The average Bonchev–Trinajstić information content (AvgIpc) is 3.64. The van der Waals surface area contributed by atoms with Crippen molar-refractivity contribution in [3.05, 3.63) is 77.4 Å². The lowest BCUT2D eigenvalue weighted by Gasteiger charge is -2.19. The van der Waals surface area contributed by atoms with Crippen molar-refractivity contribution in [1.82, 2.24) is 19.8 Å². The molecule has 234 valence electrons. The Balaban J connectivity index is 1.33. The number of rotatable bonds is 13. The third-order valence-electron chi connectivity index (χ3n) is 7.57. The van der Waals surface area contributed by atoms with Crippen LogP contribution in [0.1, 0.15) is 16.1 Å². The number of nitrogens with zero attached hydrogens (tertiary/aromatic N) is 3. The average molecular weight is 629 g/mol. The number of fused-ring (bicyclic) bond motifs is 2. The molecule has 0 aliphatic rings. The summed E-state index contributed by atoms with van der Waals surface area (Å²) in [7, 11) is 3.42. The van der Waals surface area contributed by atoms with Gasteiger partial charge in [-0.15, -0.1) is 11.3 Å². The number of aliphatic hydroxyl groups is 2. The normalized spacial score (nSPS) is 11.6. The number of aromatic nitrogens is 2. The fourth-order valence-electron chi connectivity index (χ4n) is 5.25. The number of nitrogens with two attached hydrogens (primary N) is 1. The fraction of sp³-hybridized carbons (Fsp3) is 0.242. The van der Waals surface area contributed by atoms with Crippen LogP contribution in [0.5, 0.6) is 5.75 Å². The molecule has 0 spiro atoms. The lowest BCUT2D eigenvalue weighted by Crippen LogP contribution is -2.37. The second-order valence-electron chi connectivity index (χ2n) is 10.4. The highest BCUT2D eigenvalue weighted by molar-refractivity contribution is 7.18. The van der Waals surface area contributed by atoms with Gasteiger partial charge in [-0.1, -0.05) is 24.3 Å². The molecular formula is C33H36N6O5S. The molecule has 45 heavy (non-hydrogen) atoms. The molecule has 0 unspecified atom stereocenters. The fourth-order valence-corrected chi connectivity index (χ4v) is 6.33. The van der Waals surface area contributed by atoms with Gasteiger partial charge in [0.1, 0.15) is 17.3 Å². The van der Waals surface area contributed by atoms with Gasteiger partial charge in [0.25, 0.3) is 5.91 Å². The van der Waals surface area contributed by atoms with Crippen molar-refractivity contribution in [2.45, 2.75) is 0 Å². The van der Waals surface area contributed by atoms with Gasteiger partial charge in [0, 0.05) is 77.6 Å². The number of benzene rings is 2. The molecule has 0 radical (unpaired) electrons. The zero-order chi connectivity index (χ0) is 31.9. The number of amides is 2. The topological polar surface area (TPSA) is 155 Å². The van der Waals surface area contributed by atoms with E-state index < -0.39 is 0 Å². The highest BCUT2D eigenvalue weighted by Crippen LogP contribution is 2.41. The van der Waals surface area contributed by atoms with Crippen molar-refractivity contribution in [1.29, 1.82) is 0 Å². The van der Waals surface area contributed by atoms with E-state index in [0.717, 1.165) is 37.7 Å². The van der Waals surface area contributed by atoms with Gasteiger partial charge in [0.15, 0.2) is 0 Å². The molecule has 11 nitrogen and oxygen atoms in total. The SMILES string of the molecule is COc1cc(-c2csc3c(/C=C/C(=O)NCCN(CCO)CCO)cnc(N)c23)ccc1NC(=O)c1cc2ccccc2n1C. The number of nitrogen functional groups attached to an aromatic ring is 1. The van der Waals surface area contributed by atoms with E-state index in [1.807, 2.05) is 64.4 Å². The monoisotopic (exact) mass is 628 g/mol. The molecule has 0 aliphatic carbocycles. The van der Waals surface area contributed by atoms with Crippen molar-refractivity contribution >= 4 is 61.7 Å². The van der Waals surface area contributed by atoms with E-state index >= 15 is 0 Å². The molecular weight excluding hydrogens is 592 g/mol. The first-order valence-corrected chi connectivity index (χ1v) is 15.3. The maximum absolute atomic E-state index is 13.2. The van der Waals surface area contributed by atoms with Gasteiger partial charge in [-0.2, -0.15) is 0 Å². The Bertz CT molecular complexity index is 1860. The molecule has 5 aromatic rings. The number of para-hydroxylation sites is 1. The minimum atomic E-state index is -0.268. The van der Waals surface area contributed by atoms with E-state index in [2.05, 4.69) is 15.6 Å². The summed E-state index contributed by atoms with van der Waals surface area (Å²) in [4.78, 5) is 32.0. The van der Waals surface area contributed by atoms with Crippen molar-refractivity contribution in [3.63, 3.8) is 0 Å². The molecule has 0 bridgehead atoms. The number of ether oxygens (including phenoxy) is 1. The summed E-state index contributed by atoms with van der Waals surface area (Å²) in [5.41, 5.74) is 10.8. The molecule has 3 aromatic heterocycles. The number of pyridine rings is 1. The van der Waals surface area contributed by atoms with Gasteiger partial charge in [0.2, 0.25) is 5.91 Å². The largest absolute Gasteiger partial charge is 0.495 e. The van der Waals surface area contributed by atoms with Gasteiger partial charge in [-0.3, -0.25) is 14.5 Å². The first kappa shape index (κ1) is 31.7. The summed E-state index contributed by atoms with van der Waals surface area (Å²) >= 11 is 1.49. The molecule has 3 heterocycles. The van der Waals surface area contributed by atoms with Crippen LogP contribution in [-0.2, 0) is 11.8 Å². The van der Waals surface area contributed by atoms with Crippen LogP contribution in [-0.4, -0.2) is 83.0 Å². The highest BCUT2D eigenvalue weighted by atomic mass is 32.1. The Hall–Kier alpha value is -4.75. The summed E-state index contributed by atoms with van der Waals surface area (Å²) in [6.07, 6.45) is 4.79. The number of carbonyl (C=O) groups is 2. The molecule has 12 heteroatoms. The lowest BCUT2D eigenvalue weighted by atomic mass is 10.0. The lowest BCUT2D eigenvalue weighted by molar-refractivity contribution is -0.116. The van der Waals surface area contributed by atoms with E-state index in [9.17, 15) is 9.59 Å². The minimum Gasteiger partial charge on any atom is -0.495 e. The number of thiophene rings is 1. The summed E-state index contributed by atoms with van der Waals surface area (Å²) in [5, 5.41) is 27.8. The summed E-state index contributed by atoms with van der Waals surface area (Å²) in [5.74, 6) is 0.343. The van der Waals surface area contributed by atoms with Crippen LogP contribution in [0.15, 0.2) is 66.2 Å². The quantitative estimate of drug-likeness (QED) is 0.124. The molecule has 0 saturated heterocycles. The van der Waals surface area contributed by atoms with Crippen LogP contribution >= 0.6 is 11.3 Å². The molecule has 0 saturated carbocycles. The van der Waals surface area contributed by atoms with Crippen molar-refractivity contribution in [2.24, 2.45) is 7.05 Å². The van der Waals surface area contributed by atoms with Crippen LogP contribution < -0.4 is 21.1 Å². The summed E-state index contributed by atoms with van der Waals surface area (Å²) in [6, 6.07) is 15.2. The van der Waals surface area contributed by atoms with Crippen LogP contribution in [0.2, 0.25) is 0 Å². The number of anilines is 2. The molecule has 5 rings (SSSR count). The van der Waals surface area contributed by atoms with E-state index in [4.69, 9.17) is 20.7 Å². The third kappa shape index (κ3) is 6.99. The van der Waals surface area contributed by atoms with E-state index in [1.165, 1.54) is 17.4 Å². The molecule has 2 amide bonds. The predicted molar refractivity (Wildman–Crippen MR) is 180 cm³/mol. The maximum atomic E-state index is 13.2. The number of nitrogens with one attached hydrogen (secondary N) is 2. The molecule has 2 aromatic carbocycles. The van der Waals surface area contributed by atoms with Gasteiger partial charge >= 0.3 is 0 Å². The Morgan fingerprint density at radius 1 is 1.11 bits per heavy atom. The zero-order valence-corrected chi connectivity index (χ0v) is 25.9. The van der Waals surface area contributed by atoms with Gasteiger partial charge < -0.3 is 35.9 Å². The highest BCUT2D eigenvalue weighted by Gasteiger charge is 2.18. The molecule has 6 N–H and O–H groups in total. The smallest absolute Gasteiger partial charge is 0.272 e. The van der Waals surface area contributed by atoms with Crippen LogP contribution in [0.25, 0.3) is 38.2 Å². The summed E-state index contributed by atoms with van der Waals surface area (Å²) in [6.45, 7) is 1.71. The zero-order valence-electron chi connectivity index (χ0n) is 25.1. The van der Waals surface area contributed by atoms with Crippen molar-refractivity contribution in [3.8, 4) is 16.9 Å². The molecule has 0 aliphatic heterocycles. The van der Waals surface area contributed by atoms with Gasteiger partial charge in [-0.05, 0) is 41.3 Å². The number of methoxy groups -OCH3 is 1. The van der Waals surface area contributed by atoms with Gasteiger partial charge in [0.05, 0.1) is 26.0 Å².